The average molecular weight is 698 g/mol. The Hall–Kier alpha value is -7.25. The molecule has 0 saturated carbocycles. The lowest BCUT2D eigenvalue weighted by atomic mass is 9.83. The van der Waals surface area contributed by atoms with Crippen molar-refractivity contribution in [2.45, 2.75) is 11.3 Å². The van der Waals surface area contributed by atoms with Crippen LogP contribution in [-0.4, -0.2) is 29.3 Å². The predicted molar refractivity (Wildman–Crippen MR) is 219 cm³/mol. The maximum atomic E-state index is 5.47. The van der Waals surface area contributed by atoms with Gasteiger partial charge in [-0.2, -0.15) is 0 Å². The zero-order valence-corrected chi connectivity index (χ0v) is 29.3. The fourth-order valence-corrected chi connectivity index (χ4v) is 7.10. The van der Waals surface area contributed by atoms with E-state index in [-0.39, 0.29) is 0 Å². The van der Waals surface area contributed by atoms with Crippen LogP contribution in [0, 0.1) is 0 Å². The van der Waals surface area contributed by atoms with E-state index in [4.69, 9.17) is 20.0 Å². The molecule has 258 valence electrons. The summed E-state index contributed by atoms with van der Waals surface area (Å²) in [6, 6.07) is 61.9. The second kappa shape index (κ2) is 14.1. The first kappa shape index (κ1) is 32.6. The first-order chi connectivity index (χ1) is 26.7. The molecule has 2 aliphatic rings. The van der Waals surface area contributed by atoms with Crippen LogP contribution in [0.25, 0.3) is 22.4 Å². The Morgan fingerprint density at radius 1 is 0.352 bits per heavy atom. The van der Waals surface area contributed by atoms with E-state index in [0.29, 0.717) is 0 Å². The van der Waals surface area contributed by atoms with E-state index < -0.39 is 11.3 Å². The van der Waals surface area contributed by atoms with E-state index >= 15 is 0 Å². The van der Waals surface area contributed by atoms with Crippen molar-refractivity contribution in [3.63, 3.8) is 0 Å². The van der Waals surface area contributed by atoms with Gasteiger partial charge in [0.2, 0.25) is 11.3 Å². The standard InChI is InChI=1S/C47H35N7/c1-5-15-36(16-6-1)44-49-32-51-46(53-44,39-19-9-3-10-20-39)41-29-38(34-24-26-35(27-25-34)43-23-13-14-28-48-43)30-42(31-41)47(40-21-11-4-12-22-40)52-33-50-45(54-47)37-17-7-2-8-18-37/h1-33H,(H,49,51,53)(H,50,52,54). The molecule has 0 radical (unpaired) electrons. The van der Waals surface area contributed by atoms with Crippen molar-refractivity contribution < 1.29 is 0 Å². The summed E-state index contributed by atoms with van der Waals surface area (Å²) in [6.07, 6.45) is 5.34. The number of benzene rings is 6. The van der Waals surface area contributed by atoms with Crippen LogP contribution in [0.4, 0.5) is 0 Å². The van der Waals surface area contributed by atoms with Gasteiger partial charge in [0.05, 0.1) is 18.4 Å². The molecule has 2 atom stereocenters. The van der Waals surface area contributed by atoms with Crippen molar-refractivity contribution in [2.24, 2.45) is 20.0 Å². The van der Waals surface area contributed by atoms with Gasteiger partial charge in [0, 0.05) is 45.1 Å². The first-order valence-electron chi connectivity index (χ1n) is 17.9. The van der Waals surface area contributed by atoms with Crippen molar-refractivity contribution in [3.05, 3.63) is 222 Å². The van der Waals surface area contributed by atoms with Crippen LogP contribution < -0.4 is 10.6 Å². The molecule has 7 heteroatoms. The van der Waals surface area contributed by atoms with Crippen LogP contribution in [-0.2, 0) is 11.3 Å². The molecule has 7 nitrogen and oxygen atoms in total. The molecule has 0 aliphatic carbocycles. The molecule has 2 unspecified atom stereocenters. The van der Waals surface area contributed by atoms with Crippen LogP contribution in [0.3, 0.4) is 0 Å². The summed E-state index contributed by atoms with van der Waals surface area (Å²) >= 11 is 0. The summed E-state index contributed by atoms with van der Waals surface area (Å²) in [7, 11) is 0. The molecule has 0 saturated heterocycles. The summed E-state index contributed by atoms with van der Waals surface area (Å²) in [5.41, 5.74) is 7.26. The van der Waals surface area contributed by atoms with Gasteiger partial charge in [-0.1, -0.05) is 152 Å². The number of hydrogen-bond acceptors (Lipinski definition) is 7. The van der Waals surface area contributed by atoms with Crippen molar-refractivity contribution in [1.82, 2.24) is 15.6 Å². The molecule has 0 fully saturated rings. The van der Waals surface area contributed by atoms with Gasteiger partial charge in [-0.25, -0.2) is 20.0 Å². The maximum absolute atomic E-state index is 5.47. The van der Waals surface area contributed by atoms with Gasteiger partial charge in [0.25, 0.3) is 0 Å². The fourth-order valence-electron chi connectivity index (χ4n) is 7.10. The van der Waals surface area contributed by atoms with E-state index in [2.05, 4.69) is 107 Å². The molecule has 0 bridgehead atoms. The molecule has 3 heterocycles. The average Bonchev–Trinajstić information content (AvgIpc) is 3.28. The lowest BCUT2D eigenvalue weighted by molar-refractivity contribution is 0.548. The van der Waals surface area contributed by atoms with Crippen molar-refractivity contribution in [3.8, 4) is 22.4 Å². The molecular weight excluding hydrogens is 663 g/mol. The minimum Gasteiger partial charge on any atom is -0.331 e. The zero-order valence-electron chi connectivity index (χ0n) is 29.3. The molecule has 1 aromatic heterocycles. The maximum Gasteiger partial charge on any atom is 0.205 e. The lowest BCUT2D eigenvalue weighted by Crippen LogP contribution is -2.38. The van der Waals surface area contributed by atoms with Crippen LogP contribution in [0.1, 0.15) is 33.4 Å². The monoisotopic (exact) mass is 697 g/mol. The molecule has 0 amide bonds. The molecule has 2 N–H and O–H groups in total. The molecule has 6 aromatic carbocycles. The van der Waals surface area contributed by atoms with E-state index in [1.165, 1.54) is 0 Å². The zero-order chi connectivity index (χ0) is 36.2. The Morgan fingerprint density at radius 2 is 0.796 bits per heavy atom. The minimum absolute atomic E-state index is 0.725. The Labute approximate surface area is 314 Å². The predicted octanol–water partition coefficient (Wildman–Crippen LogP) is 8.97. The number of nitrogens with zero attached hydrogens (tertiary/aromatic N) is 5. The highest BCUT2D eigenvalue weighted by Gasteiger charge is 2.41. The van der Waals surface area contributed by atoms with Crippen LogP contribution in [0.5, 0.6) is 0 Å². The molecule has 0 spiro atoms. The number of rotatable bonds is 8. The third kappa shape index (κ3) is 6.07. The largest absolute Gasteiger partial charge is 0.331 e. The summed E-state index contributed by atoms with van der Waals surface area (Å²) in [4.78, 5) is 25.9. The number of hydrogen-bond donors (Lipinski definition) is 2. The van der Waals surface area contributed by atoms with E-state index in [1.807, 2.05) is 97.2 Å². The van der Waals surface area contributed by atoms with Gasteiger partial charge in [-0.3, -0.25) is 4.98 Å². The van der Waals surface area contributed by atoms with E-state index in [1.54, 1.807) is 12.7 Å². The van der Waals surface area contributed by atoms with Gasteiger partial charge < -0.3 is 10.6 Å². The molecule has 54 heavy (non-hydrogen) atoms. The van der Waals surface area contributed by atoms with Crippen LogP contribution in [0.15, 0.2) is 208 Å². The van der Waals surface area contributed by atoms with Gasteiger partial charge in [0.15, 0.2) is 0 Å². The third-order valence-electron chi connectivity index (χ3n) is 9.82. The number of amidine groups is 2. The molecule has 9 rings (SSSR count). The Balaban J connectivity index is 1.32. The van der Waals surface area contributed by atoms with Gasteiger partial charge in [0.1, 0.15) is 11.7 Å². The lowest BCUT2D eigenvalue weighted by Gasteiger charge is -2.34. The number of aromatic nitrogens is 1. The SMILES string of the molecule is C1=NC(c2ccccc2)(c2cc(-c3ccc(-c4ccccn4)cc3)cc(C3(c4ccccc4)N=CNC(c4ccccc4)=N3)c2)N=C(c2ccccc2)N1. The summed E-state index contributed by atoms with van der Waals surface area (Å²) in [6.45, 7) is 0. The quantitative estimate of drug-likeness (QED) is 0.166. The Morgan fingerprint density at radius 3 is 1.26 bits per heavy atom. The minimum atomic E-state index is -1.13. The smallest absolute Gasteiger partial charge is 0.205 e. The van der Waals surface area contributed by atoms with Crippen LogP contribution >= 0.6 is 0 Å². The first-order valence-corrected chi connectivity index (χ1v) is 17.9. The molecule has 7 aromatic rings. The number of pyridine rings is 1. The van der Waals surface area contributed by atoms with Crippen molar-refractivity contribution in [2.75, 3.05) is 0 Å². The normalized spacial score (nSPS) is 18.9. The number of aliphatic imine (C=N–C) groups is 4. The van der Waals surface area contributed by atoms with E-state index in [0.717, 1.165) is 67.4 Å². The molecular formula is C47H35N7. The highest BCUT2D eigenvalue weighted by atomic mass is 15.2. The molecule has 2 aliphatic heterocycles. The summed E-state index contributed by atoms with van der Waals surface area (Å²) < 4.78 is 0. The van der Waals surface area contributed by atoms with Gasteiger partial charge in [-0.15, -0.1) is 0 Å². The Kier molecular flexibility index (Phi) is 8.49. The second-order valence-corrected chi connectivity index (χ2v) is 13.1. The topological polar surface area (TPSA) is 86.4 Å². The number of nitrogens with one attached hydrogen (secondary N) is 2. The van der Waals surface area contributed by atoms with Gasteiger partial charge in [-0.05, 0) is 41.5 Å². The summed E-state index contributed by atoms with van der Waals surface area (Å²) in [5, 5.41) is 6.66. The summed E-state index contributed by atoms with van der Waals surface area (Å²) in [5.74, 6) is 1.45. The van der Waals surface area contributed by atoms with Crippen molar-refractivity contribution >= 4 is 24.3 Å². The highest BCUT2D eigenvalue weighted by Crippen LogP contribution is 2.44. The second-order valence-electron chi connectivity index (χ2n) is 13.1. The fraction of sp³-hybridized carbons (Fsp3) is 0.0426. The van der Waals surface area contributed by atoms with Crippen LogP contribution in [0.2, 0.25) is 0 Å². The third-order valence-corrected chi connectivity index (χ3v) is 9.82. The van der Waals surface area contributed by atoms with Crippen molar-refractivity contribution in [1.29, 1.82) is 0 Å². The van der Waals surface area contributed by atoms with Gasteiger partial charge >= 0.3 is 0 Å². The van der Waals surface area contributed by atoms with E-state index in [9.17, 15) is 0 Å². The Bertz CT molecular complexity index is 2380. The highest BCUT2D eigenvalue weighted by molar-refractivity contribution is 6.06.